The highest BCUT2D eigenvalue weighted by atomic mass is 16.6. The molecule has 1 aromatic carbocycles. The van der Waals surface area contributed by atoms with E-state index in [0.29, 0.717) is 13.0 Å². The van der Waals surface area contributed by atoms with Gasteiger partial charge < -0.3 is 10.1 Å². The molecule has 84 valence electrons. The third-order valence-electron chi connectivity index (χ3n) is 2.86. The van der Waals surface area contributed by atoms with E-state index in [0.717, 1.165) is 12.0 Å². The first-order chi connectivity index (χ1) is 7.77. The van der Waals surface area contributed by atoms with E-state index < -0.39 is 5.60 Å². The summed E-state index contributed by atoms with van der Waals surface area (Å²) in [5.74, 6) is 0. The highest BCUT2D eigenvalue weighted by molar-refractivity contribution is 5.69. The van der Waals surface area contributed by atoms with E-state index in [4.69, 9.17) is 4.74 Å². The molecule has 0 radical (unpaired) electrons. The van der Waals surface area contributed by atoms with Crippen LogP contribution in [0.25, 0.3) is 0 Å². The monoisotopic (exact) mass is 217 g/mol. The van der Waals surface area contributed by atoms with Crippen LogP contribution in [-0.4, -0.2) is 12.6 Å². The molecule has 3 heteroatoms. The fourth-order valence-corrected chi connectivity index (χ4v) is 2.07. The Balaban J connectivity index is 2.34. The zero-order valence-electron chi connectivity index (χ0n) is 9.11. The van der Waals surface area contributed by atoms with Gasteiger partial charge in [0.1, 0.15) is 5.60 Å². The van der Waals surface area contributed by atoms with Crippen LogP contribution in [0.15, 0.2) is 43.0 Å². The lowest BCUT2D eigenvalue weighted by atomic mass is 9.86. The molecule has 1 fully saturated rings. The average molecular weight is 217 g/mol. The maximum Gasteiger partial charge on any atom is 0.408 e. The van der Waals surface area contributed by atoms with E-state index in [1.165, 1.54) is 0 Å². The van der Waals surface area contributed by atoms with E-state index in [9.17, 15) is 4.79 Å². The molecule has 0 spiro atoms. The zero-order chi connectivity index (χ0) is 11.4. The highest BCUT2D eigenvalue weighted by Crippen LogP contribution is 2.35. The van der Waals surface area contributed by atoms with Crippen molar-refractivity contribution in [2.75, 3.05) is 6.54 Å². The van der Waals surface area contributed by atoms with Crippen LogP contribution in [0.2, 0.25) is 0 Å². The highest BCUT2D eigenvalue weighted by Gasteiger charge is 2.37. The first-order valence-corrected chi connectivity index (χ1v) is 5.40. The predicted octanol–water partition coefficient (Wildman–Crippen LogP) is 2.59. The normalized spacial score (nSPS) is 24.4. The van der Waals surface area contributed by atoms with Crippen molar-refractivity contribution in [2.24, 2.45) is 0 Å². The molecule has 0 unspecified atom stereocenters. The summed E-state index contributed by atoms with van der Waals surface area (Å²) >= 11 is 0. The Morgan fingerprint density at radius 1 is 1.44 bits per heavy atom. The summed E-state index contributed by atoms with van der Waals surface area (Å²) in [4.78, 5) is 11.4. The number of ether oxygens (including phenoxy) is 1. The Hall–Kier alpha value is -1.77. The molecule has 1 aliphatic rings. The van der Waals surface area contributed by atoms with Crippen LogP contribution in [0.1, 0.15) is 18.4 Å². The largest absolute Gasteiger partial charge is 0.438 e. The van der Waals surface area contributed by atoms with Crippen LogP contribution in [0.3, 0.4) is 0 Å². The van der Waals surface area contributed by atoms with E-state index >= 15 is 0 Å². The van der Waals surface area contributed by atoms with Gasteiger partial charge >= 0.3 is 6.09 Å². The molecule has 1 saturated heterocycles. The van der Waals surface area contributed by atoms with Crippen LogP contribution >= 0.6 is 0 Å². The Morgan fingerprint density at radius 3 is 2.81 bits per heavy atom. The lowest BCUT2D eigenvalue weighted by molar-refractivity contribution is -0.0150. The van der Waals surface area contributed by atoms with E-state index in [-0.39, 0.29) is 6.09 Å². The number of benzene rings is 1. The molecule has 1 aromatic rings. The standard InChI is InChI=1S/C13H15NO2/c1-2-8-13(9-10-14-12(15)16-13)11-6-4-3-5-7-11/h2-7H,1,8-10H2,(H,14,15)/t13-/m1/s1. The van der Waals surface area contributed by atoms with Gasteiger partial charge in [-0.2, -0.15) is 0 Å². The van der Waals surface area contributed by atoms with Gasteiger partial charge in [-0.05, 0) is 5.56 Å². The SMILES string of the molecule is C=CC[C@]1(c2ccccc2)CCNC(=O)O1. The minimum Gasteiger partial charge on any atom is -0.438 e. The van der Waals surface area contributed by atoms with E-state index in [1.807, 2.05) is 30.3 Å². The first kappa shape index (κ1) is 10.7. The molecule has 1 N–H and O–H groups in total. The molecule has 1 aliphatic heterocycles. The van der Waals surface area contributed by atoms with Crippen LogP contribution in [-0.2, 0) is 10.3 Å². The van der Waals surface area contributed by atoms with Gasteiger partial charge in [-0.15, -0.1) is 6.58 Å². The molecule has 1 heterocycles. The number of hydrogen-bond donors (Lipinski definition) is 1. The number of alkyl carbamates (subject to hydrolysis) is 1. The maximum absolute atomic E-state index is 11.4. The minimum atomic E-state index is -0.536. The van der Waals surface area contributed by atoms with Crippen LogP contribution < -0.4 is 5.32 Å². The fourth-order valence-electron chi connectivity index (χ4n) is 2.07. The van der Waals surface area contributed by atoms with Crippen molar-refractivity contribution in [2.45, 2.75) is 18.4 Å². The van der Waals surface area contributed by atoms with Gasteiger partial charge in [0.25, 0.3) is 0 Å². The predicted molar refractivity (Wildman–Crippen MR) is 62.0 cm³/mol. The smallest absolute Gasteiger partial charge is 0.408 e. The molecule has 1 atom stereocenters. The molecule has 16 heavy (non-hydrogen) atoms. The van der Waals surface area contributed by atoms with Crippen molar-refractivity contribution >= 4 is 6.09 Å². The number of nitrogens with one attached hydrogen (secondary N) is 1. The number of rotatable bonds is 3. The van der Waals surface area contributed by atoms with E-state index in [1.54, 1.807) is 6.08 Å². The molecule has 1 amide bonds. The maximum atomic E-state index is 11.4. The van der Waals surface area contributed by atoms with Crippen LogP contribution in [0, 0.1) is 0 Å². The first-order valence-electron chi connectivity index (χ1n) is 5.40. The van der Waals surface area contributed by atoms with Gasteiger partial charge in [-0.1, -0.05) is 36.4 Å². The number of carbonyl (C=O) groups is 1. The average Bonchev–Trinajstić information content (AvgIpc) is 2.31. The van der Waals surface area contributed by atoms with Gasteiger partial charge in [-0.3, -0.25) is 0 Å². The summed E-state index contributed by atoms with van der Waals surface area (Å²) < 4.78 is 5.48. The summed E-state index contributed by atoms with van der Waals surface area (Å²) in [5.41, 5.74) is 0.496. The summed E-state index contributed by atoms with van der Waals surface area (Å²) in [6.45, 7) is 4.38. The topological polar surface area (TPSA) is 38.3 Å². The third kappa shape index (κ3) is 1.94. The molecule has 0 saturated carbocycles. The van der Waals surface area contributed by atoms with Crippen LogP contribution in [0.4, 0.5) is 4.79 Å². The molecule has 0 aromatic heterocycles. The molecule has 3 nitrogen and oxygen atoms in total. The van der Waals surface area contributed by atoms with Crippen molar-refractivity contribution in [3.8, 4) is 0 Å². The van der Waals surface area contributed by atoms with Crippen molar-refractivity contribution < 1.29 is 9.53 Å². The summed E-state index contributed by atoms with van der Waals surface area (Å²) in [6, 6.07) is 9.84. The van der Waals surface area contributed by atoms with Crippen molar-refractivity contribution in [3.63, 3.8) is 0 Å². The van der Waals surface area contributed by atoms with Gasteiger partial charge in [0.05, 0.1) is 0 Å². The van der Waals surface area contributed by atoms with Gasteiger partial charge in [0, 0.05) is 19.4 Å². The fraction of sp³-hybridized carbons (Fsp3) is 0.308. The second-order valence-corrected chi connectivity index (χ2v) is 3.92. The number of amides is 1. The Bertz CT molecular complexity index is 388. The van der Waals surface area contributed by atoms with Crippen molar-refractivity contribution in [1.29, 1.82) is 0 Å². The molecule has 2 rings (SSSR count). The minimum absolute atomic E-state index is 0.350. The Morgan fingerprint density at radius 2 is 2.19 bits per heavy atom. The molecule has 0 aliphatic carbocycles. The molecule has 0 bridgehead atoms. The lowest BCUT2D eigenvalue weighted by Crippen LogP contribution is -2.45. The number of cyclic esters (lactones) is 1. The van der Waals surface area contributed by atoms with Gasteiger partial charge in [-0.25, -0.2) is 4.79 Å². The quantitative estimate of drug-likeness (QED) is 0.790. The van der Waals surface area contributed by atoms with E-state index in [2.05, 4.69) is 11.9 Å². The number of hydrogen-bond acceptors (Lipinski definition) is 2. The summed E-state index contributed by atoms with van der Waals surface area (Å²) in [7, 11) is 0. The third-order valence-corrected chi connectivity index (χ3v) is 2.86. The molecular weight excluding hydrogens is 202 g/mol. The Labute approximate surface area is 95.1 Å². The number of carbonyl (C=O) groups excluding carboxylic acids is 1. The van der Waals surface area contributed by atoms with Crippen LogP contribution in [0.5, 0.6) is 0 Å². The second kappa shape index (κ2) is 4.39. The second-order valence-electron chi connectivity index (χ2n) is 3.92. The summed E-state index contributed by atoms with van der Waals surface area (Å²) in [6.07, 6.45) is 2.86. The summed E-state index contributed by atoms with van der Waals surface area (Å²) in [5, 5.41) is 2.67. The van der Waals surface area contributed by atoms with Gasteiger partial charge in [0.2, 0.25) is 0 Å². The van der Waals surface area contributed by atoms with Gasteiger partial charge in [0.15, 0.2) is 0 Å². The lowest BCUT2D eigenvalue weighted by Gasteiger charge is -2.36. The molecular formula is C13H15NO2. The Kier molecular flexibility index (Phi) is 2.95. The van der Waals surface area contributed by atoms with Crippen molar-refractivity contribution in [3.05, 3.63) is 48.6 Å². The van der Waals surface area contributed by atoms with Crippen molar-refractivity contribution in [1.82, 2.24) is 5.32 Å². The zero-order valence-corrected chi connectivity index (χ0v) is 9.11.